The molecular weight excluding hydrogens is 416 g/mol. The molecule has 0 unspecified atom stereocenters. The zero-order valence-corrected chi connectivity index (χ0v) is 18.9. The molecule has 31 heavy (non-hydrogen) atoms. The molecule has 7 nitrogen and oxygen atoms in total. The van der Waals surface area contributed by atoms with Gasteiger partial charge in [0.1, 0.15) is 0 Å². The lowest BCUT2D eigenvalue weighted by molar-refractivity contribution is -0.122. The maximum atomic E-state index is 13.0. The third kappa shape index (κ3) is 4.75. The van der Waals surface area contributed by atoms with Gasteiger partial charge in [0.2, 0.25) is 15.9 Å². The molecule has 8 heteroatoms. The Kier molecular flexibility index (Phi) is 6.16. The van der Waals surface area contributed by atoms with E-state index in [4.69, 9.17) is 0 Å². The molecule has 1 aliphatic rings. The highest BCUT2D eigenvalue weighted by molar-refractivity contribution is 7.89. The summed E-state index contributed by atoms with van der Waals surface area (Å²) in [6.07, 6.45) is 0.554. The summed E-state index contributed by atoms with van der Waals surface area (Å²) < 4.78 is 27.1. The van der Waals surface area contributed by atoms with Crippen LogP contribution in [0.4, 0.5) is 0 Å². The number of ketones is 2. The van der Waals surface area contributed by atoms with Crippen molar-refractivity contribution in [1.82, 2.24) is 9.62 Å². The minimum atomic E-state index is -3.89. The fraction of sp³-hybridized carbons (Fsp3) is 0.348. The van der Waals surface area contributed by atoms with Crippen molar-refractivity contribution < 1.29 is 22.8 Å². The van der Waals surface area contributed by atoms with Gasteiger partial charge in [-0.1, -0.05) is 24.3 Å². The van der Waals surface area contributed by atoms with Gasteiger partial charge in [-0.25, -0.2) is 12.7 Å². The van der Waals surface area contributed by atoms with Crippen molar-refractivity contribution in [2.45, 2.75) is 44.0 Å². The standard InChI is InChI=1S/C23H26N2O5S/c1-23(2,3)24-20(26)10-7-13-25(4)31(29,30)15-11-12-18-19(14-15)22(28)17-9-6-5-8-16(17)21(18)27/h5-6,8-9,11-12,14H,7,10,13H2,1-4H3,(H,24,26). The molecule has 0 spiro atoms. The second-order valence-corrected chi connectivity index (χ2v) is 10.7. The molecule has 0 atom stereocenters. The SMILES string of the molecule is CN(CCCC(=O)NC(C)(C)C)S(=O)(=O)c1ccc2c(c1)C(=O)c1ccccc1C2=O. The Morgan fingerprint density at radius 1 is 0.935 bits per heavy atom. The van der Waals surface area contributed by atoms with Crippen molar-refractivity contribution in [3.63, 3.8) is 0 Å². The predicted octanol–water partition coefficient (Wildman–Crippen LogP) is 2.78. The van der Waals surface area contributed by atoms with E-state index < -0.39 is 10.0 Å². The van der Waals surface area contributed by atoms with Crippen LogP contribution in [0.3, 0.4) is 0 Å². The molecule has 0 fully saturated rings. The molecule has 0 radical (unpaired) electrons. The first-order valence-electron chi connectivity index (χ1n) is 10.0. The fourth-order valence-electron chi connectivity index (χ4n) is 3.48. The summed E-state index contributed by atoms with van der Waals surface area (Å²) in [4.78, 5) is 37.4. The third-order valence-corrected chi connectivity index (χ3v) is 6.85. The van der Waals surface area contributed by atoms with E-state index in [-0.39, 0.29) is 57.6 Å². The Morgan fingerprint density at radius 2 is 1.48 bits per heavy atom. The number of nitrogens with one attached hydrogen (secondary N) is 1. The van der Waals surface area contributed by atoms with Crippen LogP contribution in [0.2, 0.25) is 0 Å². The molecule has 2 aromatic carbocycles. The average molecular weight is 443 g/mol. The molecule has 0 aromatic heterocycles. The van der Waals surface area contributed by atoms with Crippen LogP contribution >= 0.6 is 0 Å². The van der Waals surface area contributed by atoms with E-state index in [0.29, 0.717) is 12.0 Å². The first-order chi connectivity index (χ1) is 14.4. The molecule has 0 aliphatic heterocycles. The highest BCUT2D eigenvalue weighted by Gasteiger charge is 2.31. The van der Waals surface area contributed by atoms with Gasteiger partial charge < -0.3 is 5.32 Å². The number of sulfonamides is 1. The van der Waals surface area contributed by atoms with Crippen molar-refractivity contribution in [2.24, 2.45) is 0 Å². The molecule has 0 saturated carbocycles. The van der Waals surface area contributed by atoms with E-state index >= 15 is 0 Å². The normalized spacial score (nSPS) is 13.7. The van der Waals surface area contributed by atoms with Gasteiger partial charge in [0.25, 0.3) is 0 Å². The van der Waals surface area contributed by atoms with Crippen LogP contribution < -0.4 is 5.32 Å². The van der Waals surface area contributed by atoms with E-state index in [1.165, 1.54) is 25.2 Å². The Morgan fingerprint density at radius 3 is 2.06 bits per heavy atom. The maximum absolute atomic E-state index is 13.0. The van der Waals surface area contributed by atoms with E-state index in [0.717, 1.165) is 4.31 Å². The fourth-order valence-corrected chi connectivity index (χ4v) is 4.72. The number of fused-ring (bicyclic) bond motifs is 2. The van der Waals surface area contributed by atoms with Gasteiger partial charge in [-0.3, -0.25) is 14.4 Å². The van der Waals surface area contributed by atoms with Gasteiger partial charge in [0, 0.05) is 47.8 Å². The van der Waals surface area contributed by atoms with Crippen molar-refractivity contribution >= 4 is 27.5 Å². The second-order valence-electron chi connectivity index (χ2n) is 8.64. The third-order valence-electron chi connectivity index (χ3n) is 5.00. The number of benzene rings is 2. The minimum absolute atomic E-state index is 0.0616. The van der Waals surface area contributed by atoms with Gasteiger partial charge in [-0.05, 0) is 45.4 Å². The number of amides is 1. The van der Waals surface area contributed by atoms with Crippen LogP contribution in [0.25, 0.3) is 0 Å². The van der Waals surface area contributed by atoms with Crippen LogP contribution in [0, 0.1) is 0 Å². The van der Waals surface area contributed by atoms with Crippen LogP contribution in [0.1, 0.15) is 65.5 Å². The average Bonchev–Trinajstić information content (AvgIpc) is 2.70. The molecule has 0 bridgehead atoms. The molecule has 1 aliphatic carbocycles. The second kappa shape index (κ2) is 8.36. The van der Waals surface area contributed by atoms with Crippen LogP contribution in [0.15, 0.2) is 47.4 Å². The first-order valence-corrected chi connectivity index (χ1v) is 11.5. The Balaban J connectivity index is 1.77. The summed E-state index contributed by atoms with van der Waals surface area (Å²) >= 11 is 0. The lowest BCUT2D eigenvalue weighted by atomic mass is 9.84. The molecule has 0 saturated heterocycles. The Hall–Kier alpha value is -2.84. The quantitative estimate of drug-likeness (QED) is 0.633. The number of carbonyl (C=O) groups excluding carboxylic acids is 3. The lowest BCUT2D eigenvalue weighted by Crippen LogP contribution is -2.40. The Bertz CT molecular complexity index is 1160. The van der Waals surface area contributed by atoms with E-state index in [1.54, 1.807) is 24.3 Å². The summed E-state index contributed by atoms with van der Waals surface area (Å²) in [5, 5.41) is 2.84. The first kappa shape index (κ1) is 22.8. The van der Waals surface area contributed by atoms with E-state index in [2.05, 4.69) is 5.32 Å². The summed E-state index contributed by atoms with van der Waals surface area (Å²) in [5.41, 5.74) is 0.529. The van der Waals surface area contributed by atoms with Gasteiger partial charge in [-0.2, -0.15) is 0 Å². The van der Waals surface area contributed by atoms with Gasteiger partial charge >= 0.3 is 0 Å². The smallest absolute Gasteiger partial charge is 0.242 e. The monoisotopic (exact) mass is 442 g/mol. The summed E-state index contributed by atoms with van der Waals surface area (Å²) in [6.45, 7) is 5.78. The molecule has 2 aromatic rings. The number of nitrogens with zero attached hydrogens (tertiary/aromatic N) is 1. The van der Waals surface area contributed by atoms with Crippen LogP contribution in [-0.2, 0) is 14.8 Å². The Labute approximate surface area is 182 Å². The largest absolute Gasteiger partial charge is 0.352 e. The molecule has 3 rings (SSSR count). The topological polar surface area (TPSA) is 101 Å². The maximum Gasteiger partial charge on any atom is 0.242 e. The minimum Gasteiger partial charge on any atom is -0.352 e. The zero-order chi connectivity index (χ0) is 23.0. The number of rotatable bonds is 6. The van der Waals surface area contributed by atoms with Crippen molar-refractivity contribution in [3.8, 4) is 0 Å². The number of hydrogen-bond donors (Lipinski definition) is 1. The summed E-state index contributed by atoms with van der Waals surface area (Å²) in [6, 6.07) is 10.5. The number of hydrogen-bond acceptors (Lipinski definition) is 5. The van der Waals surface area contributed by atoms with Crippen molar-refractivity contribution in [3.05, 3.63) is 64.7 Å². The van der Waals surface area contributed by atoms with Crippen LogP contribution in [-0.4, -0.2) is 49.3 Å². The highest BCUT2D eigenvalue weighted by atomic mass is 32.2. The van der Waals surface area contributed by atoms with Crippen molar-refractivity contribution in [1.29, 1.82) is 0 Å². The van der Waals surface area contributed by atoms with Crippen LogP contribution in [0.5, 0.6) is 0 Å². The summed E-state index contributed by atoms with van der Waals surface area (Å²) in [7, 11) is -2.46. The van der Waals surface area contributed by atoms with E-state index in [9.17, 15) is 22.8 Å². The highest BCUT2D eigenvalue weighted by Crippen LogP contribution is 2.29. The summed E-state index contributed by atoms with van der Waals surface area (Å²) in [5.74, 6) is -0.814. The van der Waals surface area contributed by atoms with Gasteiger partial charge in [0.05, 0.1) is 4.90 Å². The number of carbonyl (C=O) groups is 3. The molecular formula is C23H26N2O5S. The van der Waals surface area contributed by atoms with E-state index in [1.807, 2.05) is 20.8 Å². The molecule has 0 heterocycles. The predicted molar refractivity (Wildman–Crippen MR) is 117 cm³/mol. The molecule has 1 N–H and O–H groups in total. The van der Waals surface area contributed by atoms with Crippen molar-refractivity contribution in [2.75, 3.05) is 13.6 Å². The lowest BCUT2D eigenvalue weighted by Gasteiger charge is -2.22. The van der Waals surface area contributed by atoms with Gasteiger partial charge in [-0.15, -0.1) is 0 Å². The molecule has 164 valence electrons. The van der Waals surface area contributed by atoms with Gasteiger partial charge in [0.15, 0.2) is 11.6 Å². The zero-order valence-electron chi connectivity index (χ0n) is 18.1. The molecule has 1 amide bonds.